The topological polar surface area (TPSA) is 44.5 Å². The number of fused-ring (bicyclic) bond motifs is 1. The zero-order valence-corrected chi connectivity index (χ0v) is 12.3. The first-order valence-corrected chi connectivity index (χ1v) is 7.15. The maximum absolute atomic E-state index is 6.22. The lowest BCUT2D eigenvalue weighted by Crippen LogP contribution is -2.24. The van der Waals surface area contributed by atoms with Crippen LogP contribution in [0, 0.1) is 0 Å². The number of ether oxygens (including phenoxy) is 2. The summed E-state index contributed by atoms with van der Waals surface area (Å²) in [5.74, 6) is 1.72. The highest BCUT2D eigenvalue weighted by atomic mass is 79.9. The monoisotopic (exact) mass is 311 g/mol. The molecule has 0 radical (unpaired) electrons. The van der Waals surface area contributed by atoms with E-state index in [1.165, 1.54) is 11.1 Å². The van der Waals surface area contributed by atoms with Crippen molar-refractivity contribution in [2.24, 2.45) is 5.73 Å². The molecule has 0 spiro atoms. The average Bonchev–Trinajstić information content (AvgIpc) is 2.91. The highest BCUT2D eigenvalue weighted by Gasteiger charge is 2.39. The molecule has 1 fully saturated rings. The maximum Gasteiger partial charge on any atom is 0.166 e. The Kier molecular flexibility index (Phi) is 2.83. The van der Waals surface area contributed by atoms with Crippen molar-refractivity contribution >= 4 is 15.9 Å². The van der Waals surface area contributed by atoms with Crippen LogP contribution >= 0.6 is 15.9 Å². The molecule has 0 saturated heterocycles. The van der Waals surface area contributed by atoms with Gasteiger partial charge in [0.25, 0.3) is 0 Å². The number of methoxy groups -OCH3 is 1. The van der Waals surface area contributed by atoms with Gasteiger partial charge in [0.2, 0.25) is 0 Å². The number of rotatable bonds is 3. The molecule has 18 heavy (non-hydrogen) atoms. The second-order valence-electron chi connectivity index (χ2n) is 5.53. The average molecular weight is 312 g/mol. The van der Waals surface area contributed by atoms with Crippen molar-refractivity contribution in [3.05, 3.63) is 21.7 Å². The molecule has 0 amide bonds. The summed E-state index contributed by atoms with van der Waals surface area (Å²) in [5.41, 5.74) is 8.69. The standard InChI is InChI=1S/C14H18BrNO2/c1-8-5-10-12(15)9(7-14(16)3-4-14)6-11(17-2)13(10)18-8/h6,8H,3-5,7,16H2,1-2H3. The van der Waals surface area contributed by atoms with Crippen LogP contribution in [0.3, 0.4) is 0 Å². The molecule has 1 aromatic carbocycles. The molecule has 1 saturated carbocycles. The highest BCUT2D eigenvalue weighted by Crippen LogP contribution is 2.46. The molecule has 1 atom stereocenters. The van der Waals surface area contributed by atoms with E-state index < -0.39 is 0 Å². The van der Waals surface area contributed by atoms with Crippen molar-refractivity contribution in [3.8, 4) is 11.5 Å². The van der Waals surface area contributed by atoms with E-state index in [0.717, 1.165) is 41.7 Å². The van der Waals surface area contributed by atoms with Crippen molar-refractivity contribution in [1.29, 1.82) is 0 Å². The predicted molar refractivity (Wildman–Crippen MR) is 74.3 cm³/mol. The van der Waals surface area contributed by atoms with Gasteiger partial charge in [0.05, 0.1) is 7.11 Å². The van der Waals surface area contributed by atoms with E-state index in [4.69, 9.17) is 15.2 Å². The Morgan fingerprint density at radius 3 is 2.89 bits per heavy atom. The van der Waals surface area contributed by atoms with E-state index in [9.17, 15) is 0 Å². The van der Waals surface area contributed by atoms with Crippen molar-refractivity contribution in [2.45, 2.75) is 44.2 Å². The second kappa shape index (κ2) is 4.14. The van der Waals surface area contributed by atoms with Gasteiger partial charge in [0.15, 0.2) is 11.5 Å². The first-order valence-electron chi connectivity index (χ1n) is 6.36. The fourth-order valence-corrected chi connectivity index (χ4v) is 3.16. The molecule has 1 aliphatic heterocycles. The molecule has 0 bridgehead atoms. The molecule has 0 aromatic heterocycles. The summed E-state index contributed by atoms with van der Waals surface area (Å²) >= 11 is 3.71. The molecule has 2 N–H and O–H groups in total. The van der Waals surface area contributed by atoms with E-state index in [-0.39, 0.29) is 11.6 Å². The largest absolute Gasteiger partial charge is 0.493 e. The SMILES string of the molecule is COc1cc(CC2(N)CC2)c(Br)c2c1OC(C)C2. The second-order valence-corrected chi connectivity index (χ2v) is 6.32. The molecule has 98 valence electrons. The molecule has 4 heteroatoms. The van der Waals surface area contributed by atoms with Gasteiger partial charge in [-0.2, -0.15) is 0 Å². The molecular formula is C14H18BrNO2. The van der Waals surface area contributed by atoms with Gasteiger partial charge in [-0.1, -0.05) is 15.9 Å². The van der Waals surface area contributed by atoms with E-state index in [1.807, 2.05) is 0 Å². The molecule has 1 heterocycles. The molecule has 1 unspecified atom stereocenters. The minimum Gasteiger partial charge on any atom is -0.493 e. The predicted octanol–water partition coefficient (Wildman–Crippen LogP) is 2.81. The van der Waals surface area contributed by atoms with Crippen molar-refractivity contribution in [1.82, 2.24) is 0 Å². The number of halogens is 1. The van der Waals surface area contributed by atoms with Gasteiger partial charge in [-0.05, 0) is 37.8 Å². The van der Waals surface area contributed by atoms with Crippen LogP contribution in [0.25, 0.3) is 0 Å². The molecule has 3 nitrogen and oxygen atoms in total. The van der Waals surface area contributed by atoms with Crippen molar-refractivity contribution in [3.63, 3.8) is 0 Å². The molecule has 3 rings (SSSR count). The fourth-order valence-electron chi connectivity index (χ4n) is 2.57. The van der Waals surface area contributed by atoms with Crippen molar-refractivity contribution < 1.29 is 9.47 Å². The summed E-state index contributed by atoms with van der Waals surface area (Å²) in [6, 6.07) is 2.06. The Labute approximate surface area is 116 Å². The summed E-state index contributed by atoms with van der Waals surface area (Å²) in [6.45, 7) is 2.08. The van der Waals surface area contributed by atoms with Crippen LogP contribution in [0.15, 0.2) is 10.5 Å². The van der Waals surface area contributed by atoms with Crippen LogP contribution in [0.1, 0.15) is 30.9 Å². The van der Waals surface area contributed by atoms with Crippen LogP contribution in [0.2, 0.25) is 0 Å². The number of hydrogen-bond donors (Lipinski definition) is 1. The summed E-state index contributed by atoms with van der Waals surface area (Å²) in [7, 11) is 1.69. The Hall–Kier alpha value is -0.740. The Bertz CT molecular complexity index is 497. The van der Waals surface area contributed by atoms with Gasteiger partial charge >= 0.3 is 0 Å². The Morgan fingerprint density at radius 2 is 2.28 bits per heavy atom. The van der Waals surface area contributed by atoms with E-state index in [0.29, 0.717) is 0 Å². The minimum atomic E-state index is 0.00679. The molecule has 2 aliphatic rings. The summed E-state index contributed by atoms with van der Waals surface area (Å²) in [5, 5.41) is 0. The third kappa shape index (κ3) is 2.01. The Balaban J connectivity index is 2.03. The smallest absolute Gasteiger partial charge is 0.166 e. The lowest BCUT2D eigenvalue weighted by Gasteiger charge is -2.15. The number of benzene rings is 1. The summed E-state index contributed by atoms with van der Waals surface area (Å²) in [6.07, 6.45) is 4.29. The van der Waals surface area contributed by atoms with Crippen LogP contribution < -0.4 is 15.2 Å². The third-order valence-electron chi connectivity index (χ3n) is 3.82. The Morgan fingerprint density at radius 1 is 1.56 bits per heavy atom. The third-order valence-corrected chi connectivity index (χ3v) is 4.80. The molecule has 1 aromatic rings. The minimum absolute atomic E-state index is 0.00679. The lowest BCUT2D eigenvalue weighted by atomic mass is 10.00. The van der Waals surface area contributed by atoms with Gasteiger partial charge in [0.1, 0.15) is 6.10 Å². The number of hydrogen-bond acceptors (Lipinski definition) is 3. The van der Waals surface area contributed by atoms with Gasteiger partial charge < -0.3 is 15.2 Å². The van der Waals surface area contributed by atoms with Gasteiger partial charge in [-0.25, -0.2) is 0 Å². The van der Waals surface area contributed by atoms with E-state index in [2.05, 4.69) is 28.9 Å². The number of nitrogens with two attached hydrogens (primary N) is 1. The van der Waals surface area contributed by atoms with Gasteiger partial charge in [0, 0.05) is 22.0 Å². The molecule has 1 aliphatic carbocycles. The summed E-state index contributed by atoms with van der Waals surface area (Å²) < 4.78 is 12.4. The zero-order valence-electron chi connectivity index (χ0n) is 10.8. The summed E-state index contributed by atoms with van der Waals surface area (Å²) in [4.78, 5) is 0. The van der Waals surface area contributed by atoms with E-state index in [1.54, 1.807) is 7.11 Å². The van der Waals surface area contributed by atoms with Crippen LogP contribution in [-0.2, 0) is 12.8 Å². The zero-order chi connectivity index (χ0) is 12.9. The quantitative estimate of drug-likeness (QED) is 0.933. The molecular weight excluding hydrogens is 294 g/mol. The van der Waals surface area contributed by atoms with Crippen LogP contribution in [-0.4, -0.2) is 18.8 Å². The lowest BCUT2D eigenvalue weighted by molar-refractivity contribution is 0.243. The first kappa shape index (κ1) is 12.3. The van der Waals surface area contributed by atoms with Crippen molar-refractivity contribution in [2.75, 3.05) is 7.11 Å². The maximum atomic E-state index is 6.22. The van der Waals surface area contributed by atoms with E-state index >= 15 is 0 Å². The first-order chi connectivity index (χ1) is 8.52. The van der Waals surface area contributed by atoms with Gasteiger partial charge in [-0.15, -0.1) is 0 Å². The fraction of sp³-hybridized carbons (Fsp3) is 0.571. The normalized spacial score (nSPS) is 23.4. The highest BCUT2D eigenvalue weighted by molar-refractivity contribution is 9.10. The van der Waals surface area contributed by atoms with Crippen LogP contribution in [0.4, 0.5) is 0 Å². The van der Waals surface area contributed by atoms with Gasteiger partial charge in [-0.3, -0.25) is 0 Å². The van der Waals surface area contributed by atoms with Crippen LogP contribution in [0.5, 0.6) is 11.5 Å².